The largest absolute Gasteiger partial charge is 0.495 e. The van der Waals surface area contributed by atoms with Crippen LogP contribution < -0.4 is 10.5 Å². The number of methoxy groups -OCH3 is 1. The molecule has 2 N–H and O–H groups in total. The van der Waals surface area contributed by atoms with Crippen LogP contribution in [0.2, 0.25) is 0 Å². The predicted molar refractivity (Wildman–Crippen MR) is 68.5 cm³/mol. The minimum atomic E-state index is 0.286. The molecule has 0 radical (unpaired) electrons. The van der Waals surface area contributed by atoms with E-state index in [1.807, 2.05) is 23.9 Å². The lowest BCUT2D eigenvalue weighted by atomic mass is 10.2. The molecule has 0 heterocycles. The van der Waals surface area contributed by atoms with E-state index >= 15 is 0 Å². The molecule has 0 fully saturated rings. The van der Waals surface area contributed by atoms with Gasteiger partial charge in [0.1, 0.15) is 5.75 Å². The Morgan fingerprint density at radius 2 is 2.00 bits per heavy atom. The maximum atomic E-state index is 5.84. The average molecular weight is 225 g/mol. The zero-order chi connectivity index (χ0) is 11.5. The standard InChI is InChI=1S/C12H19NOS/c1-12(2,3)15-8-9-5-6-11(14-4)10(13)7-9/h5-7H,8,13H2,1-4H3. The molecule has 0 aliphatic rings. The summed E-state index contributed by atoms with van der Waals surface area (Å²) in [4.78, 5) is 0. The van der Waals surface area contributed by atoms with E-state index in [0.29, 0.717) is 5.69 Å². The van der Waals surface area contributed by atoms with Crippen LogP contribution in [0.25, 0.3) is 0 Å². The SMILES string of the molecule is COc1ccc(CSC(C)(C)C)cc1N. The third-order valence-electron chi connectivity index (χ3n) is 1.97. The second-order valence-electron chi connectivity index (χ2n) is 4.48. The lowest BCUT2D eigenvalue weighted by Gasteiger charge is -2.17. The summed E-state index contributed by atoms with van der Waals surface area (Å²) in [5, 5.41) is 0. The Labute approximate surface area is 96.2 Å². The molecule has 0 aliphatic heterocycles. The van der Waals surface area contributed by atoms with Gasteiger partial charge in [0.2, 0.25) is 0 Å². The smallest absolute Gasteiger partial charge is 0.141 e. The van der Waals surface area contributed by atoms with Crippen LogP contribution in [0.1, 0.15) is 26.3 Å². The van der Waals surface area contributed by atoms with Crippen LogP contribution in [0.15, 0.2) is 18.2 Å². The summed E-state index contributed by atoms with van der Waals surface area (Å²) in [5.41, 5.74) is 7.79. The molecule has 0 aromatic heterocycles. The lowest BCUT2D eigenvalue weighted by molar-refractivity contribution is 0.417. The number of anilines is 1. The topological polar surface area (TPSA) is 35.2 Å². The van der Waals surface area contributed by atoms with Gasteiger partial charge >= 0.3 is 0 Å². The van der Waals surface area contributed by atoms with Gasteiger partial charge in [0, 0.05) is 10.5 Å². The number of benzene rings is 1. The van der Waals surface area contributed by atoms with Gasteiger partial charge in [0.15, 0.2) is 0 Å². The molecule has 0 unspecified atom stereocenters. The molecule has 3 heteroatoms. The molecule has 1 rings (SSSR count). The monoisotopic (exact) mass is 225 g/mol. The number of hydrogen-bond acceptors (Lipinski definition) is 3. The van der Waals surface area contributed by atoms with Crippen LogP contribution >= 0.6 is 11.8 Å². The molecule has 0 spiro atoms. The maximum absolute atomic E-state index is 5.84. The van der Waals surface area contributed by atoms with Crippen molar-refractivity contribution < 1.29 is 4.74 Å². The van der Waals surface area contributed by atoms with E-state index < -0.39 is 0 Å². The number of hydrogen-bond donors (Lipinski definition) is 1. The van der Waals surface area contributed by atoms with Crippen LogP contribution in [0.5, 0.6) is 5.75 Å². The van der Waals surface area contributed by atoms with Crippen molar-refractivity contribution in [3.8, 4) is 5.75 Å². The Hall–Kier alpha value is -0.830. The van der Waals surface area contributed by atoms with E-state index in [0.717, 1.165) is 11.5 Å². The highest BCUT2D eigenvalue weighted by Crippen LogP contribution is 2.29. The Balaban J connectivity index is 2.68. The van der Waals surface area contributed by atoms with E-state index in [4.69, 9.17) is 10.5 Å². The van der Waals surface area contributed by atoms with Crippen molar-refractivity contribution in [1.29, 1.82) is 0 Å². The molecule has 0 saturated carbocycles. The van der Waals surface area contributed by atoms with Crippen molar-refractivity contribution in [3.63, 3.8) is 0 Å². The Bertz CT molecular complexity index is 331. The third-order valence-corrected chi connectivity index (χ3v) is 3.31. The van der Waals surface area contributed by atoms with E-state index in [2.05, 4.69) is 26.8 Å². The van der Waals surface area contributed by atoms with Gasteiger partial charge in [-0.25, -0.2) is 0 Å². The van der Waals surface area contributed by atoms with Gasteiger partial charge in [-0.1, -0.05) is 26.8 Å². The van der Waals surface area contributed by atoms with E-state index in [-0.39, 0.29) is 4.75 Å². The second kappa shape index (κ2) is 4.79. The Kier molecular flexibility index (Phi) is 3.91. The minimum Gasteiger partial charge on any atom is -0.495 e. The fourth-order valence-corrected chi connectivity index (χ4v) is 1.95. The molecule has 0 aliphatic carbocycles. The second-order valence-corrected chi connectivity index (χ2v) is 6.28. The Morgan fingerprint density at radius 1 is 1.33 bits per heavy atom. The zero-order valence-electron chi connectivity index (χ0n) is 9.83. The normalized spacial score (nSPS) is 11.5. The number of ether oxygens (including phenoxy) is 1. The molecule has 0 atom stereocenters. The van der Waals surface area contributed by atoms with Crippen LogP contribution in [-0.2, 0) is 5.75 Å². The van der Waals surface area contributed by atoms with Gasteiger partial charge in [-0.3, -0.25) is 0 Å². The molecule has 0 saturated heterocycles. The highest BCUT2D eigenvalue weighted by molar-refractivity contribution is 7.99. The van der Waals surface area contributed by atoms with Crippen LogP contribution in [0.4, 0.5) is 5.69 Å². The molecule has 1 aromatic rings. The van der Waals surface area contributed by atoms with Gasteiger partial charge in [0.25, 0.3) is 0 Å². The molecule has 84 valence electrons. The number of nitrogens with two attached hydrogens (primary N) is 1. The molecule has 15 heavy (non-hydrogen) atoms. The van der Waals surface area contributed by atoms with Crippen LogP contribution in [-0.4, -0.2) is 11.9 Å². The van der Waals surface area contributed by atoms with Gasteiger partial charge in [0.05, 0.1) is 12.8 Å². The minimum absolute atomic E-state index is 0.286. The number of nitrogen functional groups attached to an aromatic ring is 1. The Morgan fingerprint density at radius 3 is 2.47 bits per heavy atom. The van der Waals surface area contributed by atoms with Crippen molar-refractivity contribution in [1.82, 2.24) is 0 Å². The van der Waals surface area contributed by atoms with Crippen molar-refractivity contribution in [2.45, 2.75) is 31.3 Å². The van der Waals surface area contributed by atoms with Crippen molar-refractivity contribution in [3.05, 3.63) is 23.8 Å². The summed E-state index contributed by atoms with van der Waals surface area (Å²) >= 11 is 1.91. The molecule has 1 aromatic carbocycles. The van der Waals surface area contributed by atoms with Gasteiger partial charge in [-0.2, -0.15) is 11.8 Å². The highest BCUT2D eigenvalue weighted by Gasteiger charge is 2.11. The van der Waals surface area contributed by atoms with Crippen molar-refractivity contribution in [2.75, 3.05) is 12.8 Å². The molecular formula is C12H19NOS. The fraction of sp³-hybridized carbons (Fsp3) is 0.500. The quantitative estimate of drug-likeness (QED) is 0.802. The lowest BCUT2D eigenvalue weighted by Crippen LogP contribution is -2.07. The predicted octanol–water partition coefficient (Wildman–Crippen LogP) is 3.31. The van der Waals surface area contributed by atoms with E-state index in [9.17, 15) is 0 Å². The fourth-order valence-electron chi connectivity index (χ4n) is 1.17. The molecular weight excluding hydrogens is 206 g/mol. The first kappa shape index (κ1) is 12.2. The molecule has 2 nitrogen and oxygen atoms in total. The number of rotatable bonds is 3. The molecule has 0 amide bonds. The summed E-state index contributed by atoms with van der Waals surface area (Å²) < 4.78 is 5.40. The summed E-state index contributed by atoms with van der Waals surface area (Å²) in [6.45, 7) is 6.64. The summed E-state index contributed by atoms with van der Waals surface area (Å²) in [6.07, 6.45) is 0. The zero-order valence-corrected chi connectivity index (χ0v) is 10.6. The van der Waals surface area contributed by atoms with Crippen molar-refractivity contribution in [2.24, 2.45) is 0 Å². The first-order valence-corrected chi connectivity index (χ1v) is 5.97. The van der Waals surface area contributed by atoms with Gasteiger partial charge in [-0.05, 0) is 17.7 Å². The first-order chi connectivity index (χ1) is 6.92. The van der Waals surface area contributed by atoms with Crippen LogP contribution in [0.3, 0.4) is 0 Å². The van der Waals surface area contributed by atoms with Gasteiger partial charge in [-0.15, -0.1) is 0 Å². The van der Waals surface area contributed by atoms with Crippen molar-refractivity contribution >= 4 is 17.4 Å². The summed E-state index contributed by atoms with van der Waals surface area (Å²) in [6, 6.07) is 5.97. The van der Waals surface area contributed by atoms with Crippen LogP contribution in [0, 0.1) is 0 Å². The third kappa shape index (κ3) is 4.04. The van der Waals surface area contributed by atoms with E-state index in [1.165, 1.54) is 5.56 Å². The highest BCUT2D eigenvalue weighted by atomic mass is 32.2. The maximum Gasteiger partial charge on any atom is 0.141 e. The average Bonchev–Trinajstić information content (AvgIpc) is 2.14. The molecule has 0 bridgehead atoms. The summed E-state index contributed by atoms with van der Waals surface area (Å²) in [5.74, 6) is 1.73. The summed E-state index contributed by atoms with van der Waals surface area (Å²) in [7, 11) is 1.63. The first-order valence-electron chi connectivity index (χ1n) is 4.99. The van der Waals surface area contributed by atoms with Gasteiger partial charge < -0.3 is 10.5 Å². The number of thioether (sulfide) groups is 1. The van der Waals surface area contributed by atoms with E-state index in [1.54, 1.807) is 7.11 Å².